The summed E-state index contributed by atoms with van der Waals surface area (Å²) in [6.45, 7) is 4.96. The Kier molecular flexibility index (Phi) is 3.53. The zero-order chi connectivity index (χ0) is 8.97. The van der Waals surface area contributed by atoms with E-state index < -0.39 is 0 Å². The van der Waals surface area contributed by atoms with E-state index in [2.05, 4.69) is 16.9 Å². The molecule has 1 aliphatic rings. The maximum atomic E-state index is 5.30. The number of aliphatic imine (C=N–C) groups is 1. The molecule has 0 aromatic rings. The molecule has 0 saturated carbocycles. The summed E-state index contributed by atoms with van der Waals surface area (Å²) < 4.78 is 5.30. The minimum Gasteiger partial charge on any atom is -0.381 e. The molecular weight excluding hydrogens is 152 g/mol. The first kappa shape index (κ1) is 9.52. The second-order valence-corrected chi connectivity index (χ2v) is 3.38. The molecule has 1 fully saturated rings. The monoisotopic (exact) mass is 170 g/mol. The van der Waals surface area contributed by atoms with E-state index in [1.165, 1.54) is 6.42 Å². The van der Waals surface area contributed by atoms with Crippen LogP contribution in [0.15, 0.2) is 4.99 Å². The van der Waals surface area contributed by atoms with Gasteiger partial charge in [0.05, 0.1) is 12.4 Å². The lowest BCUT2D eigenvalue weighted by Gasteiger charge is -2.21. The van der Waals surface area contributed by atoms with Gasteiger partial charge in [0.2, 0.25) is 0 Å². The van der Waals surface area contributed by atoms with Gasteiger partial charge in [-0.25, -0.2) is 0 Å². The molecule has 0 N–H and O–H groups in total. The molecule has 70 valence electrons. The van der Waals surface area contributed by atoms with Crippen LogP contribution in [0.4, 0.5) is 0 Å². The highest BCUT2D eigenvalue weighted by Crippen LogP contribution is 2.13. The third-order valence-corrected chi connectivity index (χ3v) is 2.43. The predicted octanol–water partition coefficient (Wildman–Crippen LogP) is 1.00. The number of ether oxygens (including phenoxy) is 1. The maximum absolute atomic E-state index is 5.30. The van der Waals surface area contributed by atoms with Crippen LogP contribution in [-0.2, 0) is 4.74 Å². The molecular formula is C9H18N2O. The number of hydrogen-bond acceptors (Lipinski definition) is 2. The number of nitrogens with zero attached hydrogens (tertiary/aromatic N) is 2. The number of rotatable bonds is 2. The van der Waals surface area contributed by atoms with Crippen LogP contribution < -0.4 is 0 Å². The Balaban J connectivity index is 2.29. The summed E-state index contributed by atoms with van der Waals surface area (Å²) in [5.74, 6) is 1.80. The van der Waals surface area contributed by atoms with Gasteiger partial charge in [0.25, 0.3) is 0 Å². The summed E-state index contributed by atoms with van der Waals surface area (Å²) in [5, 5.41) is 0. The number of hydrogen-bond donors (Lipinski definition) is 0. The Morgan fingerprint density at radius 2 is 2.42 bits per heavy atom. The molecule has 0 bridgehead atoms. The molecule has 12 heavy (non-hydrogen) atoms. The topological polar surface area (TPSA) is 24.8 Å². The molecule has 0 aliphatic carbocycles. The van der Waals surface area contributed by atoms with Gasteiger partial charge in [0, 0.05) is 33.2 Å². The van der Waals surface area contributed by atoms with Crippen LogP contribution in [0, 0.1) is 5.92 Å². The molecule has 1 atom stereocenters. The highest BCUT2D eigenvalue weighted by Gasteiger charge is 2.17. The lowest BCUT2D eigenvalue weighted by Crippen LogP contribution is -2.30. The van der Waals surface area contributed by atoms with E-state index in [4.69, 9.17) is 4.74 Å². The second kappa shape index (κ2) is 4.45. The van der Waals surface area contributed by atoms with E-state index >= 15 is 0 Å². The molecule has 3 nitrogen and oxygen atoms in total. The Morgan fingerprint density at radius 1 is 1.67 bits per heavy atom. The van der Waals surface area contributed by atoms with Gasteiger partial charge in [-0.2, -0.15) is 0 Å². The van der Waals surface area contributed by atoms with Gasteiger partial charge in [-0.1, -0.05) is 0 Å². The highest BCUT2D eigenvalue weighted by atomic mass is 16.5. The fourth-order valence-electron chi connectivity index (χ4n) is 1.42. The Labute approximate surface area is 74.4 Å². The minimum atomic E-state index is 0.701. The largest absolute Gasteiger partial charge is 0.381 e. The lowest BCUT2D eigenvalue weighted by atomic mass is 10.1. The first-order chi connectivity index (χ1) is 5.74. The van der Waals surface area contributed by atoms with E-state index in [9.17, 15) is 0 Å². The van der Waals surface area contributed by atoms with Gasteiger partial charge in [-0.3, -0.25) is 4.99 Å². The average Bonchev–Trinajstić information content (AvgIpc) is 2.55. The molecule has 0 aromatic carbocycles. The second-order valence-electron chi connectivity index (χ2n) is 3.38. The van der Waals surface area contributed by atoms with E-state index in [0.29, 0.717) is 5.92 Å². The third-order valence-electron chi connectivity index (χ3n) is 2.43. The van der Waals surface area contributed by atoms with Crippen LogP contribution >= 0.6 is 0 Å². The Morgan fingerprint density at radius 3 is 2.92 bits per heavy atom. The van der Waals surface area contributed by atoms with Crippen LogP contribution in [0.1, 0.15) is 13.3 Å². The summed E-state index contributed by atoms with van der Waals surface area (Å²) in [5.41, 5.74) is 0. The van der Waals surface area contributed by atoms with Crippen molar-refractivity contribution in [2.24, 2.45) is 10.9 Å². The zero-order valence-corrected chi connectivity index (χ0v) is 8.21. The van der Waals surface area contributed by atoms with Crippen molar-refractivity contribution >= 4 is 5.84 Å². The number of amidine groups is 1. The third kappa shape index (κ3) is 2.48. The van der Waals surface area contributed by atoms with Crippen molar-refractivity contribution in [3.63, 3.8) is 0 Å². The van der Waals surface area contributed by atoms with Crippen LogP contribution in [-0.4, -0.2) is 44.6 Å². The predicted molar refractivity (Wildman–Crippen MR) is 50.6 cm³/mol. The van der Waals surface area contributed by atoms with Crippen LogP contribution in [0.5, 0.6) is 0 Å². The molecule has 0 radical (unpaired) electrons. The van der Waals surface area contributed by atoms with Gasteiger partial charge in [-0.15, -0.1) is 0 Å². The van der Waals surface area contributed by atoms with Gasteiger partial charge in [0.1, 0.15) is 0 Å². The zero-order valence-electron chi connectivity index (χ0n) is 8.21. The van der Waals surface area contributed by atoms with Gasteiger partial charge in [-0.05, 0) is 13.3 Å². The molecule has 1 rings (SSSR count). The van der Waals surface area contributed by atoms with Crippen molar-refractivity contribution in [2.45, 2.75) is 13.3 Å². The normalized spacial score (nSPS) is 24.6. The van der Waals surface area contributed by atoms with Crippen molar-refractivity contribution in [2.75, 3.05) is 33.9 Å². The van der Waals surface area contributed by atoms with E-state index in [0.717, 1.165) is 25.6 Å². The van der Waals surface area contributed by atoms with Crippen LogP contribution in [0.25, 0.3) is 0 Å². The van der Waals surface area contributed by atoms with Crippen molar-refractivity contribution in [3.05, 3.63) is 0 Å². The van der Waals surface area contributed by atoms with Crippen LogP contribution in [0.2, 0.25) is 0 Å². The average molecular weight is 170 g/mol. The Hall–Kier alpha value is -0.570. The minimum absolute atomic E-state index is 0.701. The van der Waals surface area contributed by atoms with Crippen molar-refractivity contribution in [1.82, 2.24) is 4.90 Å². The first-order valence-corrected chi connectivity index (χ1v) is 4.46. The summed E-state index contributed by atoms with van der Waals surface area (Å²) in [6.07, 6.45) is 1.20. The van der Waals surface area contributed by atoms with Crippen LogP contribution in [0.3, 0.4) is 0 Å². The smallest absolute Gasteiger partial charge is 0.0951 e. The maximum Gasteiger partial charge on any atom is 0.0951 e. The van der Waals surface area contributed by atoms with E-state index in [1.54, 1.807) is 0 Å². The molecule has 1 heterocycles. The molecule has 3 heteroatoms. The molecule has 1 unspecified atom stereocenters. The summed E-state index contributed by atoms with van der Waals surface area (Å²) in [7, 11) is 3.91. The first-order valence-electron chi connectivity index (χ1n) is 4.46. The van der Waals surface area contributed by atoms with E-state index in [-0.39, 0.29) is 0 Å². The highest BCUT2D eigenvalue weighted by molar-refractivity contribution is 5.79. The quantitative estimate of drug-likeness (QED) is 0.456. The SMILES string of the molecule is CN=C(C)N(C)CC1CCOC1. The fourth-order valence-corrected chi connectivity index (χ4v) is 1.42. The summed E-state index contributed by atoms with van der Waals surface area (Å²) in [6, 6.07) is 0. The van der Waals surface area contributed by atoms with Gasteiger partial charge >= 0.3 is 0 Å². The Bertz CT molecular complexity index is 162. The van der Waals surface area contributed by atoms with Gasteiger partial charge in [0.15, 0.2) is 0 Å². The van der Waals surface area contributed by atoms with Gasteiger partial charge < -0.3 is 9.64 Å². The molecule has 1 saturated heterocycles. The van der Waals surface area contributed by atoms with Crippen molar-refractivity contribution in [3.8, 4) is 0 Å². The molecule has 0 spiro atoms. The van der Waals surface area contributed by atoms with Crippen molar-refractivity contribution in [1.29, 1.82) is 0 Å². The molecule has 0 amide bonds. The molecule has 0 aromatic heterocycles. The fraction of sp³-hybridized carbons (Fsp3) is 0.889. The van der Waals surface area contributed by atoms with Crippen molar-refractivity contribution < 1.29 is 4.74 Å². The van der Waals surface area contributed by atoms with E-state index in [1.807, 2.05) is 14.0 Å². The lowest BCUT2D eigenvalue weighted by molar-refractivity contribution is 0.181. The summed E-state index contributed by atoms with van der Waals surface area (Å²) in [4.78, 5) is 6.33. The summed E-state index contributed by atoms with van der Waals surface area (Å²) >= 11 is 0. The molecule has 1 aliphatic heterocycles. The standard InChI is InChI=1S/C9H18N2O/c1-8(10-2)11(3)6-9-4-5-12-7-9/h9H,4-7H2,1-3H3.